The van der Waals surface area contributed by atoms with Crippen molar-refractivity contribution >= 4 is 29.7 Å². The van der Waals surface area contributed by atoms with Gasteiger partial charge in [-0.1, -0.05) is 87.5 Å². The number of halogens is 12. The average molecular weight is 900 g/mol. The summed E-state index contributed by atoms with van der Waals surface area (Å²) in [6.45, 7) is 4.48. The molecule has 0 unspecified atom stereocenters. The van der Waals surface area contributed by atoms with Crippen LogP contribution in [0.25, 0.3) is 0 Å². The van der Waals surface area contributed by atoms with Crippen LogP contribution in [-0.2, 0) is 42.1 Å². The number of hydrogen-bond donors (Lipinski definition) is 2. The second-order valence-electron chi connectivity index (χ2n) is 15.9. The lowest BCUT2D eigenvalue weighted by Gasteiger charge is -2.35. The van der Waals surface area contributed by atoms with Gasteiger partial charge in [-0.05, 0) is 83.6 Å². The fraction of sp³-hybridized carbons (Fsp3) is 0.289. The van der Waals surface area contributed by atoms with E-state index in [1.807, 2.05) is 0 Å². The molecule has 0 bridgehead atoms. The van der Waals surface area contributed by atoms with E-state index in [0.29, 0.717) is 28.3 Å². The highest BCUT2D eigenvalue weighted by Gasteiger charge is 2.48. The van der Waals surface area contributed by atoms with Crippen LogP contribution in [0, 0.1) is 5.41 Å². The molecule has 2 N–H and O–H groups in total. The van der Waals surface area contributed by atoms with Gasteiger partial charge in [0.2, 0.25) is 5.91 Å². The Labute approximate surface area is 350 Å². The summed E-state index contributed by atoms with van der Waals surface area (Å²) in [6, 6.07) is 24.5. The average Bonchev–Trinajstić information content (AvgIpc) is 3.18. The van der Waals surface area contributed by atoms with Crippen LogP contribution in [0.1, 0.15) is 64.5 Å². The summed E-state index contributed by atoms with van der Waals surface area (Å²) in [5.41, 5.74) is -8.40. The summed E-state index contributed by atoms with van der Waals surface area (Å²) in [4.78, 5) is 28.1. The third-order valence-electron chi connectivity index (χ3n) is 10.1. The van der Waals surface area contributed by atoms with E-state index in [1.165, 1.54) is 20.8 Å². The molecule has 0 aromatic heterocycles. The molecule has 2 amide bonds. The maximum Gasteiger partial charge on any atom is 0.416 e. The Morgan fingerprint density at radius 3 is 1.29 bits per heavy atom. The molecule has 62 heavy (non-hydrogen) atoms. The van der Waals surface area contributed by atoms with Crippen molar-refractivity contribution in [2.75, 3.05) is 6.16 Å². The Hall–Kier alpha value is -5.37. The van der Waals surface area contributed by atoms with Gasteiger partial charge in [-0.2, -0.15) is 52.7 Å². The molecule has 0 aliphatic heterocycles. The SMILES string of the molecule is CC(C)(C)[C@H](NC(=O)c1cc(C(F)(F)F)cc(C(F)(F)F)c1)C(=O)N[C@@H](Cc1ccccc1)C[P+](Cc1cc(C(F)(F)F)cc(C(F)(F)F)c1)(c1ccccc1)c1ccccc1. The Balaban J connectivity index is 1.65. The molecule has 5 rings (SSSR count). The van der Waals surface area contributed by atoms with Crippen molar-refractivity contribution in [3.63, 3.8) is 0 Å². The van der Waals surface area contributed by atoms with E-state index >= 15 is 0 Å². The maximum absolute atomic E-state index is 14.5. The molecule has 0 radical (unpaired) electrons. The number of carbonyl (C=O) groups is 2. The van der Waals surface area contributed by atoms with Crippen molar-refractivity contribution in [2.24, 2.45) is 5.41 Å². The predicted octanol–water partition coefficient (Wildman–Crippen LogP) is 11.5. The molecule has 17 heteroatoms. The quantitative estimate of drug-likeness (QED) is 0.0968. The minimum absolute atomic E-state index is 0.0390. The van der Waals surface area contributed by atoms with Gasteiger partial charge in [0, 0.05) is 5.56 Å². The highest BCUT2D eigenvalue weighted by atomic mass is 31.2. The van der Waals surface area contributed by atoms with Crippen molar-refractivity contribution in [2.45, 2.75) is 70.1 Å². The number of nitrogens with one attached hydrogen (secondary N) is 2. The Kier molecular flexibility index (Phi) is 14.0. The van der Waals surface area contributed by atoms with Crippen LogP contribution in [0.15, 0.2) is 127 Å². The van der Waals surface area contributed by atoms with Crippen molar-refractivity contribution in [3.05, 3.63) is 166 Å². The molecule has 0 saturated heterocycles. The number of hydrogen-bond acceptors (Lipinski definition) is 2. The van der Waals surface area contributed by atoms with Crippen molar-refractivity contribution in [1.82, 2.24) is 10.6 Å². The van der Waals surface area contributed by atoms with E-state index in [2.05, 4.69) is 10.6 Å². The van der Waals surface area contributed by atoms with Gasteiger partial charge in [0.1, 0.15) is 6.04 Å². The van der Waals surface area contributed by atoms with Crippen LogP contribution in [0.2, 0.25) is 0 Å². The minimum Gasteiger partial charge on any atom is -0.348 e. The smallest absolute Gasteiger partial charge is 0.348 e. The van der Waals surface area contributed by atoms with E-state index in [1.54, 1.807) is 91.0 Å². The molecule has 0 aliphatic rings. The minimum atomic E-state index is -5.27. The number of amides is 2. The van der Waals surface area contributed by atoms with E-state index in [0.717, 1.165) is 0 Å². The maximum atomic E-state index is 14.5. The Morgan fingerprint density at radius 2 is 0.903 bits per heavy atom. The second-order valence-corrected chi connectivity index (χ2v) is 19.5. The third kappa shape index (κ3) is 12.0. The molecule has 330 valence electrons. The molecule has 5 aromatic carbocycles. The van der Waals surface area contributed by atoms with Gasteiger partial charge < -0.3 is 10.6 Å². The predicted molar refractivity (Wildman–Crippen MR) is 213 cm³/mol. The van der Waals surface area contributed by atoms with E-state index in [-0.39, 0.29) is 48.6 Å². The van der Waals surface area contributed by atoms with E-state index in [4.69, 9.17) is 0 Å². The first-order chi connectivity index (χ1) is 28.7. The summed E-state index contributed by atoms with van der Waals surface area (Å²) >= 11 is 0. The third-order valence-corrected chi connectivity index (χ3v) is 14.6. The summed E-state index contributed by atoms with van der Waals surface area (Å²) in [5, 5.41) is 6.35. The van der Waals surface area contributed by atoms with Gasteiger partial charge in [-0.3, -0.25) is 9.59 Å². The molecule has 2 atom stereocenters. The van der Waals surface area contributed by atoms with Gasteiger partial charge in [-0.15, -0.1) is 0 Å². The standard InChI is InChI=1S/C45H39F12N2O2P/c1-41(2,3)38(59-39(60)30-22-33(44(52,53)54)25-34(23-30)45(55,56)57)40(61)58-35(21-28-13-7-4-8-14-28)27-62(36-15-9-5-10-16-36,37-17-11-6-12-18-37)26-29-19-31(42(46,47)48)24-32(20-29)43(49,50)51/h4-20,22-25,35,38H,21,26-27H2,1-3H3,(H-,58,59,60,61)/p+1/t35-,38+/m0/s1. The first-order valence-corrected chi connectivity index (χ1v) is 21.0. The molecule has 0 spiro atoms. The Bertz CT molecular complexity index is 2220. The highest BCUT2D eigenvalue weighted by Crippen LogP contribution is 2.60. The summed E-state index contributed by atoms with van der Waals surface area (Å²) in [7, 11) is -3.26. The Morgan fingerprint density at radius 1 is 0.516 bits per heavy atom. The fourth-order valence-corrected chi connectivity index (χ4v) is 11.6. The molecule has 0 heterocycles. The summed E-state index contributed by atoms with van der Waals surface area (Å²) < 4.78 is 167. The zero-order valence-electron chi connectivity index (χ0n) is 33.2. The molecule has 4 nitrogen and oxygen atoms in total. The second kappa shape index (κ2) is 18.2. The van der Waals surface area contributed by atoms with Gasteiger partial charge in [0.25, 0.3) is 5.91 Å². The molecular formula is C45H40F12N2O2P+. The zero-order chi connectivity index (χ0) is 45.9. The van der Waals surface area contributed by atoms with Gasteiger partial charge >= 0.3 is 24.7 Å². The number of alkyl halides is 12. The number of rotatable bonds is 12. The van der Waals surface area contributed by atoms with Crippen molar-refractivity contribution < 1.29 is 62.3 Å². The van der Waals surface area contributed by atoms with Crippen LogP contribution in [-0.4, -0.2) is 30.1 Å². The van der Waals surface area contributed by atoms with E-state index < -0.39 is 89.1 Å². The first kappa shape index (κ1) is 47.7. The molecule has 5 aromatic rings. The van der Waals surface area contributed by atoms with E-state index in [9.17, 15) is 62.3 Å². The molecule has 0 saturated carbocycles. The summed E-state index contributed by atoms with van der Waals surface area (Å²) in [5.74, 6) is -2.33. The fourth-order valence-electron chi connectivity index (χ4n) is 7.15. The molecule has 0 aliphatic carbocycles. The lowest BCUT2D eigenvalue weighted by atomic mass is 9.85. The lowest BCUT2D eigenvalue weighted by molar-refractivity contribution is -0.144. The summed E-state index contributed by atoms with van der Waals surface area (Å²) in [6.07, 6.45) is -21.2. The first-order valence-electron chi connectivity index (χ1n) is 18.9. The topological polar surface area (TPSA) is 58.2 Å². The van der Waals surface area contributed by atoms with Crippen LogP contribution in [0.4, 0.5) is 52.7 Å². The lowest BCUT2D eigenvalue weighted by Crippen LogP contribution is -2.56. The van der Waals surface area contributed by atoms with Crippen LogP contribution >= 0.6 is 7.26 Å². The van der Waals surface area contributed by atoms with Gasteiger partial charge in [-0.25, -0.2) is 0 Å². The number of carbonyl (C=O) groups excluding carboxylic acids is 2. The normalized spacial score (nSPS) is 13.9. The van der Waals surface area contributed by atoms with Crippen molar-refractivity contribution in [3.8, 4) is 0 Å². The highest BCUT2D eigenvalue weighted by molar-refractivity contribution is 7.88. The van der Waals surface area contributed by atoms with Crippen molar-refractivity contribution in [1.29, 1.82) is 0 Å². The van der Waals surface area contributed by atoms with Crippen LogP contribution < -0.4 is 21.2 Å². The van der Waals surface area contributed by atoms with Crippen LogP contribution in [0.3, 0.4) is 0 Å². The van der Waals surface area contributed by atoms with Gasteiger partial charge in [0.05, 0.1) is 58.5 Å². The largest absolute Gasteiger partial charge is 0.416 e. The zero-order valence-corrected chi connectivity index (χ0v) is 34.1. The molecular weight excluding hydrogens is 859 g/mol. The number of benzene rings is 5. The molecule has 0 fully saturated rings. The monoisotopic (exact) mass is 899 g/mol. The van der Waals surface area contributed by atoms with Crippen LogP contribution in [0.5, 0.6) is 0 Å². The van der Waals surface area contributed by atoms with Gasteiger partial charge in [0.15, 0.2) is 0 Å².